The highest BCUT2D eigenvalue weighted by atomic mass is 16.4. The van der Waals surface area contributed by atoms with Crippen LogP contribution in [0.3, 0.4) is 0 Å². The maximum Gasteiger partial charge on any atom is 0.322 e. The standard InChI is InChI=1S/C17H24N4O8/c18-11(5-9-1-3-10(24)4-2-9)15(27)20-13(8-23)17(29)21-12(7-22)16(28)19-6-14(25)26/h1-4,11-13,22-24H,5-8,18H2,(H,19,28)(H,20,27)(H,21,29)(H,25,26). The summed E-state index contributed by atoms with van der Waals surface area (Å²) in [5, 5.41) is 42.7. The molecule has 1 rings (SSSR count). The van der Waals surface area contributed by atoms with E-state index in [1.165, 1.54) is 12.1 Å². The van der Waals surface area contributed by atoms with Crippen molar-refractivity contribution >= 4 is 23.7 Å². The third-order valence-corrected chi connectivity index (χ3v) is 3.77. The quantitative estimate of drug-likeness (QED) is 0.180. The fourth-order valence-electron chi connectivity index (χ4n) is 2.20. The lowest BCUT2D eigenvalue weighted by Gasteiger charge is -2.22. The van der Waals surface area contributed by atoms with Gasteiger partial charge in [-0.15, -0.1) is 0 Å². The number of phenolic OH excluding ortho intramolecular Hbond substituents is 1. The number of nitrogens with two attached hydrogens (primary N) is 1. The van der Waals surface area contributed by atoms with Crippen LogP contribution in [0.1, 0.15) is 5.56 Å². The first kappa shape index (κ1) is 23.8. The average molecular weight is 412 g/mol. The summed E-state index contributed by atoms with van der Waals surface area (Å²) in [6.45, 7) is -2.35. The first-order chi connectivity index (χ1) is 13.7. The van der Waals surface area contributed by atoms with Crippen molar-refractivity contribution in [2.75, 3.05) is 19.8 Å². The van der Waals surface area contributed by atoms with Crippen molar-refractivity contribution in [3.05, 3.63) is 29.8 Å². The number of rotatable bonds is 11. The van der Waals surface area contributed by atoms with Crippen molar-refractivity contribution in [3.63, 3.8) is 0 Å². The molecule has 0 aromatic heterocycles. The Morgan fingerprint density at radius 3 is 1.93 bits per heavy atom. The highest BCUT2D eigenvalue weighted by molar-refractivity contribution is 5.93. The molecule has 0 radical (unpaired) electrons. The fourth-order valence-corrected chi connectivity index (χ4v) is 2.20. The van der Waals surface area contributed by atoms with Crippen molar-refractivity contribution in [3.8, 4) is 5.75 Å². The molecule has 3 atom stereocenters. The number of amides is 3. The van der Waals surface area contributed by atoms with E-state index in [2.05, 4.69) is 10.6 Å². The van der Waals surface area contributed by atoms with Crippen molar-refractivity contribution < 1.29 is 39.6 Å². The topological polar surface area (TPSA) is 211 Å². The van der Waals surface area contributed by atoms with Gasteiger partial charge in [-0.1, -0.05) is 12.1 Å². The lowest BCUT2D eigenvalue weighted by atomic mass is 10.1. The van der Waals surface area contributed by atoms with Crippen molar-refractivity contribution in [1.82, 2.24) is 16.0 Å². The molecule has 0 saturated heterocycles. The molecule has 0 saturated carbocycles. The minimum absolute atomic E-state index is 0.0506. The zero-order valence-corrected chi connectivity index (χ0v) is 15.4. The lowest BCUT2D eigenvalue weighted by Crippen LogP contribution is -2.58. The van der Waals surface area contributed by atoms with Crippen LogP contribution < -0.4 is 21.7 Å². The predicted octanol–water partition coefficient (Wildman–Crippen LogP) is -3.58. The molecular weight excluding hydrogens is 388 g/mol. The zero-order valence-electron chi connectivity index (χ0n) is 15.4. The largest absolute Gasteiger partial charge is 0.508 e. The molecule has 3 amide bonds. The molecule has 0 spiro atoms. The Balaban J connectivity index is 2.63. The summed E-state index contributed by atoms with van der Waals surface area (Å²) in [6, 6.07) is 2.01. The van der Waals surface area contributed by atoms with Crippen LogP contribution in [0.15, 0.2) is 24.3 Å². The summed E-state index contributed by atoms with van der Waals surface area (Å²) in [5.41, 5.74) is 6.44. The number of carboxylic acids is 1. The number of carbonyl (C=O) groups is 4. The predicted molar refractivity (Wildman–Crippen MR) is 98.5 cm³/mol. The van der Waals surface area contributed by atoms with Crippen LogP contribution in [0.2, 0.25) is 0 Å². The van der Waals surface area contributed by atoms with Crippen molar-refractivity contribution in [2.45, 2.75) is 24.5 Å². The number of aliphatic hydroxyl groups excluding tert-OH is 2. The third kappa shape index (κ3) is 8.13. The number of aliphatic carboxylic acids is 1. The minimum atomic E-state index is -1.47. The van der Waals surface area contributed by atoms with Crippen LogP contribution >= 0.6 is 0 Å². The Bertz CT molecular complexity index is 725. The van der Waals surface area contributed by atoms with E-state index < -0.39 is 61.6 Å². The molecular formula is C17H24N4O8. The van der Waals surface area contributed by atoms with Crippen molar-refractivity contribution in [2.24, 2.45) is 5.73 Å². The number of hydrogen-bond acceptors (Lipinski definition) is 8. The Morgan fingerprint density at radius 2 is 1.41 bits per heavy atom. The summed E-state index contributed by atoms with van der Waals surface area (Å²) >= 11 is 0. The van der Waals surface area contributed by atoms with Crippen LogP contribution in [0.4, 0.5) is 0 Å². The highest BCUT2D eigenvalue weighted by Crippen LogP contribution is 2.10. The summed E-state index contributed by atoms with van der Waals surface area (Å²) in [6.07, 6.45) is 0.0999. The second kappa shape index (κ2) is 11.6. The number of hydrogen-bond donors (Lipinski definition) is 8. The van der Waals surface area contributed by atoms with E-state index >= 15 is 0 Å². The summed E-state index contributed by atoms with van der Waals surface area (Å²) < 4.78 is 0. The number of nitrogens with one attached hydrogen (secondary N) is 3. The Kier molecular flexibility index (Phi) is 9.51. The molecule has 12 heteroatoms. The SMILES string of the molecule is NC(Cc1ccc(O)cc1)C(=O)NC(CO)C(=O)NC(CO)C(=O)NCC(=O)O. The van der Waals surface area contributed by atoms with E-state index in [1.54, 1.807) is 12.1 Å². The van der Waals surface area contributed by atoms with Gasteiger partial charge in [-0.25, -0.2) is 0 Å². The number of carbonyl (C=O) groups excluding carboxylic acids is 3. The first-order valence-corrected chi connectivity index (χ1v) is 8.53. The van der Waals surface area contributed by atoms with E-state index in [9.17, 15) is 34.5 Å². The van der Waals surface area contributed by atoms with Gasteiger partial charge in [0.2, 0.25) is 17.7 Å². The Labute approximate surface area is 165 Å². The molecule has 0 aliphatic rings. The number of carboxylic acid groups (broad SMARTS) is 1. The first-order valence-electron chi connectivity index (χ1n) is 8.53. The minimum Gasteiger partial charge on any atom is -0.508 e. The maximum atomic E-state index is 12.2. The number of phenols is 1. The van der Waals surface area contributed by atoms with Gasteiger partial charge >= 0.3 is 5.97 Å². The summed E-state index contributed by atoms with van der Waals surface area (Å²) in [5.74, 6) is -3.93. The van der Waals surface area contributed by atoms with E-state index in [4.69, 9.17) is 10.8 Å². The third-order valence-electron chi connectivity index (χ3n) is 3.77. The van der Waals surface area contributed by atoms with Crippen LogP contribution in [-0.4, -0.2) is 82.0 Å². The molecule has 0 bridgehead atoms. The molecule has 29 heavy (non-hydrogen) atoms. The normalized spacial score (nSPS) is 13.6. The van der Waals surface area contributed by atoms with E-state index in [0.717, 1.165) is 0 Å². The van der Waals surface area contributed by atoms with Gasteiger partial charge in [0.15, 0.2) is 0 Å². The van der Waals surface area contributed by atoms with Crippen LogP contribution in [0.25, 0.3) is 0 Å². The second-order valence-electron chi connectivity index (χ2n) is 6.08. The molecule has 0 heterocycles. The average Bonchev–Trinajstić information content (AvgIpc) is 2.69. The smallest absolute Gasteiger partial charge is 0.322 e. The van der Waals surface area contributed by atoms with Gasteiger partial charge in [0.1, 0.15) is 24.4 Å². The molecule has 0 aliphatic carbocycles. The molecule has 0 aliphatic heterocycles. The molecule has 12 nitrogen and oxygen atoms in total. The van der Waals surface area contributed by atoms with Gasteiger partial charge in [-0.3, -0.25) is 19.2 Å². The maximum absolute atomic E-state index is 12.2. The number of aliphatic hydroxyl groups is 2. The number of benzene rings is 1. The fraction of sp³-hybridized carbons (Fsp3) is 0.412. The van der Waals surface area contributed by atoms with E-state index in [0.29, 0.717) is 5.56 Å². The van der Waals surface area contributed by atoms with Crippen LogP contribution in [0.5, 0.6) is 5.75 Å². The Hall–Kier alpha value is -3.22. The Morgan fingerprint density at radius 1 is 0.897 bits per heavy atom. The lowest BCUT2D eigenvalue weighted by molar-refractivity contribution is -0.139. The monoisotopic (exact) mass is 412 g/mol. The molecule has 1 aromatic carbocycles. The number of aromatic hydroxyl groups is 1. The van der Waals surface area contributed by atoms with Gasteiger partial charge in [0.05, 0.1) is 19.3 Å². The van der Waals surface area contributed by atoms with Gasteiger partial charge in [-0.2, -0.15) is 0 Å². The van der Waals surface area contributed by atoms with Crippen LogP contribution in [0, 0.1) is 0 Å². The molecule has 0 fully saturated rings. The summed E-state index contributed by atoms with van der Waals surface area (Å²) in [4.78, 5) is 46.6. The van der Waals surface area contributed by atoms with Crippen molar-refractivity contribution in [1.29, 1.82) is 0 Å². The highest BCUT2D eigenvalue weighted by Gasteiger charge is 2.27. The molecule has 3 unspecified atom stereocenters. The molecule has 9 N–H and O–H groups in total. The van der Waals surface area contributed by atoms with Gasteiger partial charge in [0.25, 0.3) is 0 Å². The van der Waals surface area contributed by atoms with Gasteiger partial charge < -0.3 is 42.1 Å². The van der Waals surface area contributed by atoms with Gasteiger partial charge in [0, 0.05) is 0 Å². The molecule has 1 aromatic rings. The second-order valence-corrected chi connectivity index (χ2v) is 6.08. The van der Waals surface area contributed by atoms with Gasteiger partial charge in [-0.05, 0) is 24.1 Å². The summed E-state index contributed by atoms with van der Waals surface area (Å²) in [7, 11) is 0. The molecule has 160 valence electrons. The van der Waals surface area contributed by atoms with Crippen LogP contribution in [-0.2, 0) is 25.6 Å². The zero-order chi connectivity index (χ0) is 22.0. The van der Waals surface area contributed by atoms with E-state index in [1.807, 2.05) is 5.32 Å². The van der Waals surface area contributed by atoms with E-state index in [-0.39, 0.29) is 12.2 Å².